The van der Waals surface area contributed by atoms with E-state index in [1.807, 2.05) is 0 Å². The minimum Gasteiger partial charge on any atom is -0.294 e. The van der Waals surface area contributed by atoms with E-state index in [9.17, 15) is 4.79 Å². The quantitative estimate of drug-likeness (QED) is 0.379. The van der Waals surface area contributed by atoms with E-state index in [4.69, 9.17) is 5.84 Å². The van der Waals surface area contributed by atoms with E-state index in [-0.39, 0.29) is 16.7 Å². The molecule has 0 saturated heterocycles. The van der Waals surface area contributed by atoms with Crippen LogP contribution < -0.4 is 11.3 Å². The maximum Gasteiger partial charge on any atom is 0.240 e. The Balaban J connectivity index is 2.28. The van der Waals surface area contributed by atoms with Crippen molar-refractivity contribution in [3.8, 4) is 0 Å². The fourth-order valence-corrected chi connectivity index (χ4v) is 3.75. The van der Waals surface area contributed by atoms with E-state index >= 15 is 0 Å². The van der Waals surface area contributed by atoms with E-state index in [2.05, 4.69) is 26.2 Å². The van der Waals surface area contributed by atoms with Crippen LogP contribution in [-0.2, 0) is 4.79 Å². The molecule has 0 aromatic heterocycles. The Morgan fingerprint density at radius 1 is 1.43 bits per heavy atom. The van der Waals surface area contributed by atoms with Gasteiger partial charge in [0.15, 0.2) is 0 Å². The summed E-state index contributed by atoms with van der Waals surface area (Å²) in [6, 6.07) is 0. The van der Waals surface area contributed by atoms with Gasteiger partial charge in [-0.2, -0.15) is 0 Å². The molecule has 2 aliphatic carbocycles. The van der Waals surface area contributed by atoms with Gasteiger partial charge in [-0.3, -0.25) is 10.2 Å². The second-order valence-corrected chi connectivity index (χ2v) is 5.61. The molecule has 14 heavy (non-hydrogen) atoms. The maximum atomic E-state index is 11.9. The number of nitrogens with one attached hydrogen (secondary N) is 1. The lowest BCUT2D eigenvalue weighted by atomic mass is 9.80. The lowest BCUT2D eigenvalue weighted by Gasteiger charge is -2.26. The number of amides is 1. The molecule has 2 aliphatic rings. The average molecular weight is 196 g/mol. The van der Waals surface area contributed by atoms with E-state index in [0.717, 1.165) is 6.42 Å². The van der Waals surface area contributed by atoms with Crippen LogP contribution in [0, 0.1) is 22.7 Å². The van der Waals surface area contributed by atoms with Crippen LogP contribution in [-0.4, -0.2) is 5.91 Å². The smallest absolute Gasteiger partial charge is 0.240 e. The standard InChI is InChI=1S/C11H20N2O/c1-7-4-5-8-10(2,3)11(8,6-7)9(14)13-12/h7-8H,4-6,12H2,1-3H3,(H,13,14). The highest BCUT2D eigenvalue weighted by Crippen LogP contribution is 2.75. The van der Waals surface area contributed by atoms with Crippen LogP contribution in [0.25, 0.3) is 0 Å². The van der Waals surface area contributed by atoms with Gasteiger partial charge in [-0.25, -0.2) is 5.84 Å². The van der Waals surface area contributed by atoms with Crippen LogP contribution in [0.15, 0.2) is 0 Å². The summed E-state index contributed by atoms with van der Waals surface area (Å²) in [4.78, 5) is 11.9. The number of nitrogens with two attached hydrogens (primary N) is 1. The molecule has 3 nitrogen and oxygen atoms in total. The number of carbonyl (C=O) groups excluding carboxylic acids is 1. The Labute approximate surface area is 85.4 Å². The van der Waals surface area contributed by atoms with E-state index in [1.54, 1.807) is 0 Å². The topological polar surface area (TPSA) is 55.1 Å². The van der Waals surface area contributed by atoms with Crippen molar-refractivity contribution >= 4 is 5.91 Å². The van der Waals surface area contributed by atoms with Crippen molar-refractivity contribution in [2.24, 2.45) is 28.5 Å². The molecule has 3 atom stereocenters. The van der Waals surface area contributed by atoms with Crippen molar-refractivity contribution in [1.29, 1.82) is 0 Å². The van der Waals surface area contributed by atoms with Crippen molar-refractivity contribution in [1.82, 2.24) is 5.43 Å². The second-order valence-electron chi connectivity index (χ2n) is 5.61. The molecular weight excluding hydrogens is 176 g/mol. The summed E-state index contributed by atoms with van der Waals surface area (Å²) in [5.74, 6) is 6.54. The van der Waals surface area contributed by atoms with E-state index in [1.165, 1.54) is 12.8 Å². The van der Waals surface area contributed by atoms with Crippen LogP contribution in [0.2, 0.25) is 0 Å². The van der Waals surface area contributed by atoms with Gasteiger partial charge < -0.3 is 0 Å². The Kier molecular flexibility index (Phi) is 1.94. The molecule has 0 spiro atoms. The third-order valence-corrected chi connectivity index (χ3v) is 4.69. The molecule has 0 heterocycles. The SMILES string of the molecule is CC1CCC2C(C)(C)C2(C(=O)NN)C1. The zero-order valence-electron chi connectivity index (χ0n) is 9.26. The van der Waals surface area contributed by atoms with Crippen molar-refractivity contribution < 1.29 is 4.79 Å². The minimum absolute atomic E-state index is 0.0547. The Hall–Kier alpha value is -0.570. The molecule has 2 fully saturated rings. The molecule has 2 saturated carbocycles. The number of rotatable bonds is 1. The number of fused-ring (bicyclic) bond motifs is 1. The summed E-state index contributed by atoms with van der Waals surface area (Å²) < 4.78 is 0. The van der Waals surface area contributed by atoms with Gasteiger partial charge in [0.2, 0.25) is 5.91 Å². The zero-order valence-corrected chi connectivity index (χ0v) is 9.26. The highest BCUT2D eigenvalue weighted by molar-refractivity contribution is 5.87. The van der Waals surface area contributed by atoms with Gasteiger partial charge in [-0.1, -0.05) is 27.2 Å². The van der Waals surface area contributed by atoms with Crippen LogP contribution >= 0.6 is 0 Å². The average Bonchev–Trinajstić information content (AvgIpc) is 2.63. The molecule has 2 rings (SSSR count). The second kappa shape index (κ2) is 2.72. The molecule has 0 aliphatic heterocycles. The van der Waals surface area contributed by atoms with Crippen molar-refractivity contribution in [2.75, 3.05) is 0 Å². The van der Waals surface area contributed by atoms with Gasteiger partial charge in [0, 0.05) is 0 Å². The lowest BCUT2D eigenvalue weighted by molar-refractivity contribution is -0.129. The fraction of sp³-hybridized carbons (Fsp3) is 0.909. The Morgan fingerprint density at radius 2 is 2.07 bits per heavy atom. The number of hydrazine groups is 1. The number of hydrogen-bond donors (Lipinski definition) is 2. The van der Waals surface area contributed by atoms with E-state index in [0.29, 0.717) is 11.8 Å². The Morgan fingerprint density at radius 3 is 2.64 bits per heavy atom. The van der Waals surface area contributed by atoms with Gasteiger partial charge in [0.1, 0.15) is 0 Å². The van der Waals surface area contributed by atoms with Crippen LogP contribution in [0.4, 0.5) is 0 Å². The maximum absolute atomic E-state index is 11.9. The Bertz CT molecular complexity index is 274. The third kappa shape index (κ3) is 0.937. The monoisotopic (exact) mass is 196 g/mol. The highest BCUT2D eigenvalue weighted by atomic mass is 16.2. The van der Waals surface area contributed by atoms with Gasteiger partial charge >= 0.3 is 0 Å². The van der Waals surface area contributed by atoms with Crippen molar-refractivity contribution in [2.45, 2.75) is 40.0 Å². The molecule has 80 valence electrons. The lowest BCUT2D eigenvalue weighted by Crippen LogP contribution is -2.41. The van der Waals surface area contributed by atoms with Crippen LogP contribution in [0.1, 0.15) is 40.0 Å². The molecule has 0 aromatic rings. The number of carbonyl (C=O) groups is 1. The summed E-state index contributed by atoms with van der Waals surface area (Å²) in [6.07, 6.45) is 3.45. The summed E-state index contributed by atoms with van der Waals surface area (Å²) in [5, 5.41) is 0. The predicted molar refractivity (Wildman–Crippen MR) is 55.0 cm³/mol. The van der Waals surface area contributed by atoms with Gasteiger partial charge in [-0.05, 0) is 30.1 Å². The van der Waals surface area contributed by atoms with Gasteiger partial charge in [0.05, 0.1) is 5.41 Å². The number of hydrogen-bond acceptors (Lipinski definition) is 2. The molecule has 3 unspecified atom stereocenters. The molecule has 0 aromatic carbocycles. The summed E-state index contributed by atoms with van der Waals surface area (Å²) >= 11 is 0. The molecule has 0 bridgehead atoms. The molecule has 3 heteroatoms. The highest BCUT2D eigenvalue weighted by Gasteiger charge is 2.75. The normalized spacial score (nSPS) is 44.0. The first-order valence-corrected chi connectivity index (χ1v) is 5.48. The van der Waals surface area contributed by atoms with Crippen molar-refractivity contribution in [3.63, 3.8) is 0 Å². The third-order valence-electron chi connectivity index (χ3n) is 4.69. The van der Waals surface area contributed by atoms with Gasteiger partial charge in [0.25, 0.3) is 0 Å². The first-order chi connectivity index (χ1) is 6.46. The predicted octanol–water partition coefficient (Wildman–Crippen LogP) is 1.44. The van der Waals surface area contributed by atoms with Crippen LogP contribution in [0.5, 0.6) is 0 Å². The summed E-state index contributed by atoms with van der Waals surface area (Å²) in [6.45, 7) is 6.63. The van der Waals surface area contributed by atoms with Crippen LogP contribution in [0.3, 0.4) is 0 Å². The molecule has 3 N–H and O–H groups in total. The van der Waals surface area contributed by atoms with Gasteiger partial charge in [-0.15, -0.1) is 0 Å². The van der Waals surface area contributed by atoms with Crippen molar-refractivity contribution in [3.05, 3.63) is 0 Å². The summed E-state index contributed by atoms with van der Waals surface area (Å²) in [5.41, 5.74) is 2.35. The summed E-state index contributed by atoms with van der Waals surface area (Å²) in [7, 11) is 0. The first-order valence-electron chi connectivity index (χ1n) is 5.48. The minimum atomic E-state index is -0.153. The molecular formula is C11H20N2O. The first kappa shape index (κ1) is 9.97. The fourth-order valence-electron chi connectivity index (χ4n) is 3.75. The largest absolute Gasteiger partial charge is 0.294 e. The molecule has 1 amide bonds. The van der Waals surface area contributed by atoms with E-state index < -0.39 is 0 Å². The zero-order chi connectivity index (χ0) is 10.6. The molecule has 0 radical (unpaired) electrons.